The molecule has 150 valence electrons. The number of hydrogen-bond acceptors (Lipinski definition) is 6. The Labute approximate surface area is 175 Å². The highest BCUT2D eigenvalue weighted by molar-refractivity contribution is 7.99. The highest BCUT2D eigenvalue weighted by atomic mass is 32.2. The van der Waals surface area contributed by atoms with Crippen LogP contribution in [0.3, 0.4) is 0 Å². The molecule has 1 aromatic carbocycles. The van der Waals surface area contributed by atoms with Gasteiger partial charge in [0.1, 0.15) is 6.61 Å². The summed E-state index contributed by atoms with van der Waals surface area (Å²) >= 11 is 3.42. The van der Waals surface area contributed by atoms with Crippen LogP contribution in [-0.4, -0.2) is 36.1 Å². The molecule has 4 nitrogen and oxygen atoms in total. The van der Waals surface area contributed by atoms with Crippen molar-refractivity contribution < 1.29 is 14.3 Å². The molecule has 1 atom stereocenters. The Bertz CT molecular complexity index is 812. The van der Waals surface area contributed by atoms with Gasteiger partial charge in [0.15, 0.2) is 5.78 Å². The Balaban J connectivity index is 1.97. The molecule has 3 rings (SSSR count). The Hall–Kier alpha value is -1.66. The van der Waals surface area contributed by atoms with Crippen LogP contribution in [0, 0.1) is 0 Å². The first-order valence-corrected chi connectivity index (χ1v) is 12.1. The molecule has 0 aromatic heterocycles. The first-order valence-electron chi connectivity index (χ1n) is 9.69. The maximum absolute atomic E-state index is 13.0. The molecular formula is C22H27NO3S2. The second kappa shape index (κ2) is 9.70. The normalized spacial score (nSPS) is 19.4. The highest BCUT2D eigenvalue weighted by Crippen LogP contribution is 2.42. The van der Waals surface area contributed by atoms with Crippen LogP contribution >= 0.6 is 23.5 Å². The van der Waals surface area contributed by atoms with Crippen LogP contribution in [0.25, 0.3) is 0 Å². The van der Waals surface area contributed by atoms with Gasteiger partial charge in [-0.05, 0) is 49.5 Å². The molecule has 1 aliphatic carbocycles. The summed E-state index contributed by atoms with van der Waals surface area (Å²) in [6, 6.07) is 8.15. The van der Waals surface area contributed by atoms with Gasteiger partial charge >= 0.3 is 5.97 Å². The van der Waals surface area contributed by atoms with E-state index < -0.39 is 0 Å². The Kier molecular flexibility index (Phi) is 7.30. The molecule has 0 saturated heterocycles. The third kappa shape index (κ3) is 4.49. The summed E-state index contributed by atoms with van der Waals surface area (Å²) in [5, 5.41) is 3.33. The van der Waals surface area contributed by atoms with E-state index in [0.29, 0.717) is 18.6 Å². The quantitative estimate of drug-likeness (QED) is 0.395. The SMILES string of the molecule is CCSCCOC(=O)C1=C(C)NC2=C(C(=O)CCC2)[C@H]1c1ccc(SC)cc1. The van der Waals surface area contributed by atoms with Crippen LogP contribution in [0.5, 0.6) is 0 Å². The van der Waals surface area contributed by atoms with Crippen molar-refractivity contribution in [3.8, 4) is 0 Å². The first-order chi connectivity index (χ1) is 13.6. The molecule has 0 spiro atoms. The smallest absolute Gasteiger partial charge is 0.336 e. The lowest BCUT2D eigenvalue weighted by Gasteiger charge is -2.34. The van der Waals surface area contributed by atoms with Crippen LogP contribution < -0.4 is 5.32 Å². The summed E-state index contributed by atoms with van der Waals surface area (Å²) in [7, 11) is 0. The number of nitrogens with one attached hydrogen (secondary N) is 1. The van der Waals surface area contributed by atoms with Crippen molar-refractivity contribution in [2.24, 2.45) is 0 Å². The lowest BCUT2D eigenvalue weighted by molar-refractivity contribution is -0.138. The maximum atomic E-state index is 13.0. The van der Waals surface area contributed by atoms with Crippen molar-refractivity contribution in [1.29, 1.82) is 0 Å². The second-order valence-corrected chi connectivity index (χ2v) is 9.15. The number of thioether (sulfide) groups is 2. The van der Waals surface area contributed by atoms with Crippen molar-refractivity contribution in [1.82, 2.24) is 5.32 Å². The summed E-state index contributed by atoms with van der Waals surface area (Å²) in [6.07, 6.45) is 4.26. The van der Waals surface area contributed by atoms with Crippen LogP contribution in [0.1, 0.15) is 44.6 Å². The van der Waals surface area contributed by atoms with Crippen molar-refractivity contribution in [3.05, 3.63) is 52.4 Å². The van der Waals surface area contributed by atoms with Crippen LogP contribution in [-0.2, 0) is 14.3 Å². The van der Waals surface area contributed by atoms with Gasteiger partial charge in [0.05, 0.1) is 5.57 Å². The Morgan fingerprint density at radius 2 is 2.00 bits per heavy atom. The minimum Gasteiger partial charge on any atom is -0.461 e. The van der Waals surface area contributed by atoms with Gasteiger partial charge in [0.25, 0.3) is 0 Å². The van der Waals surface area contributed by atoms with Crippen molar-refractivity contribution in [2.45, 2.75) is 43.9 Å². The number of ketones is 1. The number of allylic oxidation sites excluding steroid dienone is 3. The molecule has 2 aliphatic rings. The van der Waals surface area contributed by atoms with Gasteiger partial charge in [0, 0.05) is 40.0 Å². The van der Waals surface area contributed by atoms with Gasteiger partial charge in [-0.15, -0.1) is 11.8 Å². The Morgan fingerprint density at radius 1 is 1.25 bits per heavy atom. The van der Waals surface area contributed by atoms with Gasteiger partial charge in [0.2, 0.25) is 0 Å². The van der Waals surface area contributed by atoms with E-state index >= 15 is 0 Å². The molecule has 1 aliphatic heterocycles. The summed E-state index contributed by atoms with van der Waals surface area (Å²) < 4.78 is 5.57. The van der Waals surface area contributed by atoms with E-state index in [2.05, 4.69) is 12.2 Å². The topological polar surface area (TPSA) is 55.4 Å². The van der Waals surface area contributed by atoms with Crippen molar-refractivity contribution in [3.63, 3.8) is 0 Å². The fourth-order valence-electron chi connectivity index (χ4n) is 3.80. The van der Waals surface area contributed by atoms with Crippen molar-refractivity contribution in [2.75, 3.05) is 24.4 Å². The third-order valence-corrected chi connectivity index (χ3v) is 6.72. The number of rotatable bonds is 7. The van der Waals surface area contributed by atoms with Gasteiger partial charge in [-0.1, -0.05) is 19.1 Å². The maximum Gasteiger partial charge on any atom is 0.336 e. The Morgan fingerprint density at radius 3 is 2.68 bits per heavy atom. The number of carbonyl (C=O) groups is 2. The standard InChI is InChI=1S/C22H27NO3S2/c1-4-28-13-12-26-22(25)19-14(2)23-17-6-5-7-18(24)21(17)20(19)15-8-10-16(27-3)11-9-15/h8-11,20,23H,4-7,12-13H2,1-3H3/t20-/m0/s1. The molecule has 6 heteroatoms. The molecule has 0 saturated carbocycles. The van der Waals surface area contributed by atoms with E-state index in [1.165, 1.54) is 0 Å². The van der Waals surface area contributed by atoms with E-state index in [4.69, 9.17) is 4.74 Å². The average molecular weight is 418 g/mol. The molecule has 1 aromatic rings. The van der Waals surface area contributed by atoms with E-state index in [0.717, 1.165) is 51.8 Å². The van der Waals surface area contributed by atoms with Gasteiger partial charge < -0.3 is 10.1 Å². The van der Waals surface area contributed by atoms with Gasteiger partial charge in [-0.3, -0.25) is 4.79 Å². The molecule has 0 fully saturated rings. The number of dihydropyridines is 1. The number of hydrogen-bond donors (Lipinski definition) is 1. The number of benzene rings is 1. The predicted octanol–water partition coefficient (Wildman–Crippen LogP) is 4.67. The molecule has 0 radical (unpaired) electrons. The van der Waals surface area contributed by atoms with E-state index in [1.807, 2.05) is 37.4 Å². The first kappa shape index (κ1) is 21.1. The summed E-state index contributed by atoms with van der Waals surface area (Å²) in [5.41, 5.74) is 4.03. The molecule has 1 heterocycles. The number of ether oxygens (including phenoxy) is 1. The fraction of sp³-hybridized carbons (Fsp3) is 0.455. The molecule has 0 unspecified atom stereocenters. The van der Waals surface area contributed by atoms with E-state index in [1.54, 1.807) is 23.5 Å². The predicted molar refractivity (Wildman–Crippen MR) is 117 cm³/mol. The van der Waals surface area contributed by atoms with Crippen LogP contribution in [0.15, 0.2) is 51.7 Å². The lowest BCUT2D eigenvalue weighted by Crippen LogP contribution is -2.34. The van der Waals surface area contributed by atoms with Gasteiger partial charge in [-0.25, -0.2) is 4.79 Å². The molecule has 0 amide bonds. The number of carbonyl (C=O) groups excluding carboxylic acids is 2. The summed E-state index contributed by atoms with van der Waals surface area (Å²) in [6.45, 7) is 4.37. The van der Waals surface area contributed by atoms with E-state index in [9.17, 15) is 9.59 Å². The largest absolute Gasteiger partial charge is 0.461 e. The van der Waals surface area contributed by atoms with Crippen LogP contribution in [0.4, 0.5) is 0 Å². The highest BCUT2D eigenvalue weighted by Gasteiger charge is 2.39. The summed E-state index contributed by atoms with van der Waals surface area (Å²) in [4.78, 5) is 27.0. The van der Waals surface area contributed by atoms with E-state index in [-0.39, 0.29) is 17.7 Å². The molecule has 1 N–H and O–H groups in total. The zero-order chi connectivity index (χ0) is 20.1. The number of esters is 1. The molecular weight excluding hydrogens is 390 g/mol. The third-order valence-electron chi connectivity index (χ3n) is 5.11. The van der Waals surface area contributed by atoms with Gasteiger partial charge in [-0.2, -0.15) is 11.8 Å². The zero-order valence-electron chi connectivity index (χ0n) is 16.7. The monoisotopic (exact) mass is 417 g/mol. The summed E-state index contributed by atoms with van der Waals surface area (Å²) in [5.74, 6) is 1.22. The fourth-order valence-corrected chi connectivity index (χ4v) is 4.70. The lowest BCUT2D eigenvalue weighted by atomic mass is 9.75. The number of Topliss-reactive ketones (excluding diaryl/α,β-unsaturated/α-hetero) is 1. The second-order valence-electron chi connectivity index (χ2n) is 6.87. The molecule has 0 bridgehead atoms. The minimum atomic E-state index is -0.355. The minimum absolute atomic E-state index is 0.132. The zero-order valence-corrected chi connectivity index (χ0v) is 18.3. The average Bonchev–Trinajstić information content (AvgIpc) is 2.70. The van der Waals surface area contributed by atoms with Crippen molar-refractivity contribution >= 4 is 35.3 Å². The van der Waals surface area contributed by atoms with Crippen LogP contribution in [0.2, 0.25) is 0 Å². The molecule has 28 heavy (non-hydrogen) atoms.